The summed E-state index contributed by atoms with van der Waals surface area (Å²) >= 11 is 0. The van der Waals surface area contributed by atoms with Gasteiger partial charge in [-0.25, -0.2) is 10.4 Å². The van der Waals surface area contributed by atoms with Gasteiger partial charge in [0.1, 0.15) is 5.75 Å². The van der Waals surface area contributed by atoms with Gasteiger partial charge < -0.3 is 10.4 Å². The molecule has 1 heterocycles. The van der Waals surface area contributed by atoms with E-state index in [4.69, 9.17) is 0 Å². The highest BCUT2D eigenvalue weighted by Gasteiger charge is 2.08. The first-order valence-corrected chi connectivity index (χ1v) is 10.5. The van der Waals surface area contributed by atoms with Crippen LogP contribution in [-0.2, 0) is 0 Å². The van der Waals surface area contributed by atoms with Gasteiger partial charge in [0.25, 0.3) is 11.5 Å². The van der Waals surface area contributed by atoms with Gasteiger partial charge in [0.2, 0.25) is 5.95 Å². The van der Waals surface area contributed by atoms with Crippen LogP contribution in [0.2, 0.25) is 0 Å². The minimum absolute atomic E-state index is 0.0764. The van der Waals surface area contributed by atoms with Gasteiger partial charge in [-0.2, -0.15) is 5.10 Å². The molecule has 8 nitrogen and oxygen atoms in total. The molecule has 0 saturated carbocycles. The van der Waals surface area contributed by atoms with Crippen molar-refractivity contribution in [2.24, 2.45) is 5.10 Å². The molecule has 0 bridgehead atoms. The van der Waals surface area contributed by atoms with Gasteiger partial charge in [0.05, 0.1) is 17.1 Å². The van der Waals surface area contributed by atoms with E-state index < -0.39 is 5.91 Å². The molecule has 0 fully saturated rings. The fraction of sp³-hybridized carbons (Fsp3) is 0. The highest BCUT2D eigenvalue weighted by atomic mass is 16.3. The van der Waals surface area contributed by atoms with Gasteiger partial charge in [-0.1, -0.05) is 42.5 Å². The molecule has 4 N–H and O–H groups in total. The highest BCUT2D eigenvalue weighted by molar-refractivity contribution is 6.03. The summed E-state index contributed by atoms with van der Waals surface area (Å²) in [6.07, 6.45) is 1.42. The molecule has 0 unspecified atom stereocenters. The molecule has 0 radical (unpaired) electrons. The summed E-state index contributed by atoms with van der Waals surface area (Å²) in [7, 11) is 0. The van der Waals surface area contributed by atoms with Crippen LogP contribution >= 0.6 is 0 Å². The lowest BCUT2D eigenvalue weighted by atomic mass is 10.0. The van der Waals surface area contributed by atoms with Gasteiger partial charge in [-0.3, -0.25) is 14.6 Å². The number of hydrazone groups is 1. The first-order valence-electron chi connectivity index (χ1n) is 10.5. The maximum Gasteiger partial charge on any atom is 0.271 e. The van der Waals surface area contributed by atoms with Crippen LogP contribution in [0, 0.1) is 0 Å². The van der Waals surface area contributed by atoms with Crippen molar-refractivity contribution in [3.63, 3.8) is 0 Å². The number of nitrogens with one attached hydrogen (secondary N) is 3. The fourth-order valence-corrected chi connectivity index (χ4v) is 3.63. The number of carbonyl (C=O) groups is 1. The molecule has 34 heavy (non-hydrogen) atoms. The second-order valence-electron chi connectivity index (χ2n) is 7.55. The zero-order valence-corrected chi connectivity index (χ0v) is 17.8. The van der Waals surface area contributed by atoms with E-state index in [2.05, 4.69) is 25.8 Å². The average Bonchev–Trinajstić information content (AvgIpc) is 2.86. The van der Waals surface area contributed by atoms with Crippen molar-refractivity contribution < 1.29 is 9.90 Å². The number of phenolic OH excluding ortho intramolecular Hbond substituents is 1. The molecular weight excluding hydrogens is 430 g/mol. The third kappa shape index (κ3) is 4.20. The number of phenols is 1. The van der Waals surface area contributed by atoms with E-state index in [0.717, 1.165) is 10.8 Å². The van der Waals surface area contributed by atoms with Crippen LogP contribution in [0.25, 0.3) is 21.7 Å². The summed E-state index contributed by atoms with van der Waals surface area (Å²) in [6, 6.07) is 24.7. The van der Waals surface area contributed by atoms with Gasteiger partial charge in [0.15, 0.2) is 0 Å². The lowest BCUT2D eigenvalue weighted by Gasteiger charge is -2.07. The number of hydrogen-bond acceptors (Lipinski definition) is 6. The third-order valence-electron chi connectivity index (χ3n) is 5.33. The smallest absolute Gasteiger partial charge is 0.271 e. The molecule has 1 amide bonds. The van der Waals surface area contributed by atoms with E-state index in [1.807, 2.05) is 36.4 Å². The number of carbonyl (C=O) groups excluding carboxylic acids is 1. The molecule has 0 aliphatic rings. The van der Waals surface area contributed by atoms with E-state index in [0.29, 0.717) is 33.7 Å². The molecule has 166 valence electrons. The Morgan fingerprint density at radius 2 is 1.65 bits per heavy atom. The van der Waals surface area contributed by atoms with Crippen LogP contribution in [0.3, 0.4) is 0 Å². The Balaban J connectivity index is 1.28. The Morgan fingerprint density at radius 3 is 2.47 bits per heavy atom. The van der Waals surface area contributed by atoms with Crippen LogP contribution in [-0.4, -0.2) is 27.2 Å². The number of rotatable bonds is 5. The summed E-state index contributed by atoms with van der Waals surface area (Å²) in [5.74, 6) is -0.0207. The van der Waals surface area contributed by atoms with Crippen molar-refractivity contribution in [3.8, 4) is 5.75 Å². The van der Waals surface area contributed by atoms with Crippen LogP contribution < -0.4 is 16.3 Å². The van der Waals surface area contributed by atoms with Crippen molar-refractivity contribution in [2.45, 2.75) is 0 Å². The summed E-state index contributed by atoms with van der Waals surface area (Å²) < 4.78 is 0. The molecule has 5 aromatic rings. The molecule has 5 rings (SSSR count). The third-order valence-corrected chi connectivity index (χ3v) is 5.33. The number of fused-ring (bicyclic) bond motifs is 2. The van der Waals surface area contributed by atoms with E-state index >= 15 is 0 Å². The predicted octanol–water partition coefficient (Wildman–Crippen LogP) is 4.29. The molecule has 0 aliphatic carbocycles. The SMILES string of the molecule is O=C(N/N=C\c1c(O)ccc2ccccc12)c1ccc(Nc2nc3ccccc3c(=O)[nH]2)cc1. The molecule has 0 aliphatic heterocycles. The standard InChI is InChI=1S/C26H19N5O3/c32-23-14-11-16-5-1-2-6-19(16)21(23)15-27-31-24(33)17-9-12-18(13-10-17)28-26-29-22-8-4-3-7-20(22)25(34)30-26/h1-15,32H,(H,31,33)(H2,28,29,30,34)/b27-15-. The van der Waals surface area contributed by atoms with Crippen LogP contribution in [0.1, 0.15) is 15.9 Å². The minimum atomic E-state index is -0.403. The Morgan fingerprint density at radius 1 is 0.912 bits per heavy atom. The monoisotopic (exact) mass is 449 g/mol. The van der Waals surface area contributed by atoms with Crippen LogP contribution in [0.15, 0.2) is 94.8 Å². The number of para-hydroxylation sites is 1. The molecular formula is C26H19N5O3. The van der Waals surface area contributed by atoms with E-state index in [9.17, 15) is 14.7 Å². The summed E-state index contributed by atoms with van der Waals surface area (Å²) in [6.45, 7) is 0. The van der Waals surface area contributed by atoms with Crippen molar-refractivity contribution >= 4 is 45.4 Å². The number of amides is 1. The number of benzene rings is 4. The van der Waals surface area contributed by atoms with Gasteiger partial charge >= 0.3 is 0 Å². The van der Waals surface area contributed by atoms with Crippen LogP contribution in [0.4, 0.5) is 11.6 Å². The average molecular weight is 449 g/mol. The number of aromatic hydroxyl groups is 1. The highest BCUT2D eigenvalue weighted by Crippen LogP contribution is 2.25. The van der Waals surface area contributed by atoms with Gasteiger partial charge in [-0.05, 0) is 53.2 Å². The zero-order chi connectivity index (χ0) is 23.5. The predicted molar refractivity (Wildman–Crippen MR) is 133 cm³/mol. The van der Waals surface area contributed by atoms with Gasteiger partial charge in [-0.15, -0.1) is 0 Å². The molecule has 0 spiro atoms. The molecule has 1 aromatic heterocycles. The van der Waals surface area contributed by atoms with Gasteiger partial charge in [0, 0.05) is 16.8 Å². The Bertz CT molecular complexity index is 1610. The minimum Gasteiger partial charge on any atom is -0.507 e. The number of hydrogen-bond donors (Lipinski definition) is 4. The zero-order valence-electron chi connectivity index (χ0n) is 17.8. The van der Waals surface area contributed by atoms with Crippen molar-refractivity contribution in [2.75, 3.05) is 5.32 Å². The first-order chi connectivity index (χ1) is 16.6. The first kappa shape index (κ1) is 20.9. The lowest BCUT2D eigenvalue weighted by Crippen LogP contribution is -2.17. The second-order valence-corrected chi connectivity index (χ2v) is 7.55. The summed E-state index contributed by atoms with van der Waals surface area (Å²) in [4.78, 5) is 31.8. The number of aromatic nitrogens is 2. The maximum atomic E-state index is 12.5. The van der Waals surface area contributed by atoms with Crippen LogP contribution in [0.5, 0.6) is 5.75 Å². The number of aromatic amines is 1. The quantitative estimate of drug-likeness (QED) is 0.236. The van der Waals surface area contributed by atoms with Crippen molar-refractivity contribution in [1.29, 1.82) is 0 Å². The molecule has 0 saturated heterocycles. The second kappa shape index (κ2) is 8.87. The molecule has 4 aromatic carbocycles. The molecule has 0 atom stereocenters. The lowest BCUT2D eigenvalue weighted by molar-refractivity contribution is 0.0955. The van der Waals surface area contributed by atoms with E-state index in [1.54, 1.807) is 48.5 Å². The Labute approximate surface area is 193 Å². The van der Waals surface area contributed by atoms with E-state index in [1.165, 1.54) is 6.21 Å². The Hall–Kier alpha value is -4.98. The van der Waals surface area contributed by atoms with E-state index in [-0.39, 0.29) is 11.3 Å². The topological polar surface area (TPSA) is 119 Å². The number of nitrogens with zero attached hydrogens (tertiary/aromatic N) is 2. The molecule has 8 heteroatoms. The normalized spacial score (nSPS) is 11.2. The maximum absolute atomic E-state index is 12.5. The fourth-order valence-electron chi connectivity index (χ4n) is 3.63. The van der Waals surface area contributed by atoms with Crippen molar-refractivity contribution in [3.05, 3.63) is 106 Å². The largest absolute Gasteiger partial charge is 0.507 e. The number of anilines is 2. The summed E-state index contributed by atoms with van der Waals surface area (Å²) in [5.41, 5.74) is 4.39. The number of H-pyrrole nitrogens is 1. The van der Waals surface area contributed by atoms with Crippen molar-refractivity contribution in [1.82, 2.24) is 15.4 Å². The summed E-state index contributed by atoms with van der Waals surface area (Å²) in [5, 5.41) is 19.5. The Kier molecular flexibility index (Phi) is 5.45.